The molecule has 4 rings (SSSR count). The lowest BCUT2D eigenvalue weighted by Gasteiger charge is -2.38. The van der Waals surface area contributed by atoms with Crippen LogP contribution < -0.4 is 5.32 Å². The number of fused-ring (bicyclic) bond motifs is 1. The van der Waals surface area contributed by atoms with E-state index in [-0.39, 0.29) is 0 Å². The number of nitrogens with one attached hydrogen (secondary N) is 2. The summed E-state index contributed by atoms with van der Waals surface area (Å²) < 4.78 is 0. The van der Waals surface area contributed by atoms with Gasteiger partial charge < -0.3 is 10.4 Å². The van der Waals surface area contributed by atoms with Crippen LogP contribution in [0.15, 0.2) is 36.5 Å². The summed E-state index contributed by atoms with van der Waals surface area (Å²) in [6.45, 7) is 5.23. The van der Waals surface area contributed by atoms with Gasteiger partial charge in [-0.05, 0) is 56.0 Å². The molecule has 2 atom stereocenters. The molecule has 1 fully saturated rings. The van der Waals surface area contributed by atoms with Crippen molar-refractivity contribution in [1.29, 1.82) is 0 Å². The van der Waals surface area contributed by atoms with E-state index in [0.29, 0.717) is 24.8 Å². The lowest BCUT2D eigenvalue weighted by atomic mass is 9.82. The minimum absolute atomic E-state index is 0.314. The van der Waals surface area contributed by atoms with E-state index in [0.717, 1.165) is 41.1 Å². The van der Waals surface area contributed by atoms with E-state index in [1.807, 2.05) is 30.3 Å². The highest BCUT2D eigenvalue weighted by Gasteiger charge is 2.37. The summed E-state index contributed by atoms with van der Waals surface area (Å²) in [6.07, 6.45) is 4.14. The van der Waals surface area contributed by atoms with Crippen LogP contribution in [0.3, 0.4) is 0 Å². The highest BCUT2D eigenvalue weighted by atomic mass is 16.3. The van der Waals surface area contributed by atoms with Gasteiger partial charge in [-0.3, -0.25) is 5.10 Å². The zero-order valence-corrected chi connectivity index (χ0v) is 15.2. The van der Waals surface area contributed by atoms with Gasteiger partial charge in [0.05, 0.1) is 11.4 Å². The molecular formula is C20H25N5O. The lowest BCUT2D eigenvalue weighted by molar-refractivity contribution is -0.0152. The van der Waals surface area contributed by atoms with Crippen molar-refractivity contribution in [3.63, 3.8) is 0 Å². The van der Waals surface area contributed by atoms with E-state index in [2.05, 4.69) is 34.3 Å². The molecule has 0 aromatic carbocycles. The molecule has 3 N–H and O–H groups in total. The maximum absolute atomic E-state index is 11.3. The van der Waals surface area contributed by atoms with Gasteiger partial charge in [-0.15, -0.1) is 0 Å². The van der Waals surface area contributed by atoms with Crippen LogP contribution in [0.5, 0.6) is 0 Å². The molecule has 0 saturated carbocycles. The van der Waals surface area contributed by atoms with Gasteiger partial charge in [0, 0.05) is 17.6 Å². The van der Waals surface area contributed by atoms with Gasteiger partial charge in [0.1, 0.15) is 11.3 Å². The first-order valence-corrected chi connectivity index (χ1v) is 9.28. The molecule has 6 nitrogen and oxygen atoms in total. The number of aromatic nitrogens is 4. The van der Waals surface area contributed by atoms with Crippen molar-refractivity contribution in [2.24, 2.45) is 5.92 Å². The summed E-state index contributed by atoms with van der Waals surface area (Å²) in [5, 5.41) is 23.1. The summed E-state index contributed by atoms with van der Waals surface area (Å²) in [4.78, 5) is 9.07. The summed E-state index contributed by atoms with van der Waals surface area (Å²) in [5.41, 5.74) is 2.10. The van der Waals surface area contributed by atoms with Gasteiger partial charge in [-0.2, -0.15) is 5.10 Å². The number of piperidine rings is 1. The molecular weight excluding hydrogens is 326 g/mol. The van der Waals surface area contributed by atoms with Gasteiger partial charge in [0.15, 0.2) is 5.65 Å². The van der Waals surface area contributed by atoms with Crippen LogP contribution in [0.25, 0.3) is 22.4 Å². The molecule has 0 bridgehead atoms. The zero-order chi connectivity index (χ0) is 18.1. The third-order valence-electron chi connectivity index (χ3n) is 5.12. The van der Waals surface area contributed by atoms with Crippen LogP contribution >= 0.6 is 0 Å². The number of nitrogens with zero attached hydrogens (tertiary/aromatic N) is 3. The van der Waals surface area contributed by atoms with Crippen LogP contribution in [0, 0.1) is 5.92 Å². The van der Waals surface area contributed by atoms with Gasteiger partial charge in [0.2, 0.25) is 0 Å². The maximum Gasteiger partial charge on any atom is 0.155 e. The van der Waals surface area contributed by atoms with E-state index in [4.69, 9.17) is 4.98 Å². The highest BCUT2D eigenvalue weighted by molar-refractivity contribution is 5.89. The lowest BCUT2D eigenvalue weighted by Crippen LogP contribution is -2.47. The molecule has 1 aliphatic heterocycles. The predicted octanol–water partition coefficient (Wildman–Crippen LogP) is 3.01. The fourth-order valence-electron chi connectivity index (χ4n) is 3.91. The van der Waals surface area contributed by atoms with Gasteiger partial charge in [0.25, 0.3) is 0 Å². The van der Waals surface area contributed by atoms with E-state index in [9.17, 15) is 5.11 Å². The summed E-state index contributed by atoms with van der Waals surface area (Å²) in [7, 11) is 0. The average molecular weight is 351 g/mol. The fraction of sp³-hybridized carbons (Fsp3) is 0.450. The highest BCUT2D eigenvalue weighted by Crippen LogP contribution is 2.34. The molecule has 3 aromatic rings. The van der Waals surface area contributed by atoms with Crippen molar-refractivity contribution in [2.75, 3.05) is 6.54 Å². The molecule has 1 aliphatic rings. The Morgan fingerprint density at radius 3 is 3.00 bits per heavy atom. The molecule has 1 saturated heterocycles. The summed E-state index contributed by atoms with van der Waals surface area (Å²) in [5.74, 6) is 0.595. The Morgan fingerprint density at radius 2 is 2.15 bits per heavy atom. The summed E-state index contributed by atoms with van der Waals surface area (Å²) >= 11 is 0. The third kappa shape index (κ3) is 3.22. The number of hydrogen-bond acceptors (Lipinski definition) is 5. The second-order valence-electron chi connectivity index (χ2n) is 7.65. The predicted molar refractivity (Wildman–Crippen MR) is 101 cm³/mol. The largest absolute Gasteiger partial charge is 0.383 e. The molecule has 1 unspecified atom stereocenters. The molecule has 6 heteroatoms. The number of rotatable bonds is 4. The van der Waals surface area contributed by atoms with Crippen LogP contribution in [0.1, 0.15) is 38.8 Å². The Balaban J connectivity index is 1.67. The van der Waals surface area contributed by atoms with Gasteiger partial charge in [-0.1, -0.05) is 19.9 Å². The van der Waals surface area contributed by atoms with Crippen molar-refractivity contribution in [2.45, 2.75) is 44.8 Å². The number of aromatic amines is 1. The molecule has 0 radical (unpaired) electrons. The van der Waals surface area contributed by atoms with E-state index in [1.54, 1.807) is 6.20 Å². The average Bonchev–Trinajstić information content (AvgIpc) is 3.05. The molecule has 136 valence electrons. The van der Waals surface area contributed by atoms with Gasteiger partial charge in [-0.25, -0.2) is 9.97 Å². The Kier molecular flexibility index (Phi) is 4.46. The molecule has 0 amide bonds. The molecule has 26 heavy (non-hydrogen) atoms. The Hall–Kier alpha value is -2.31. The minimum Gasteiger partial charge on any atom is -0.383 e. The number of H-pyrrole nitrogens is 1. The Bertz CT molecular complexity index is 906. The van der Waals surface area contributed by atoms with Gasteiger partial charge >= 0.3 is 0 Å². The number of pyridine rings is 2. The third-order valence-corrected chi connectivity index (χ3v) is 5.12. The van der Waals surface area contributed by atoms with E-state index < -0.39 is 5.60 Å². The monoisotopic (exact) mass is 351 g/mol. The quantitative estimate of drug-likeness (QED) is 0.673. The van der Waals surface area contributed by atoms with E-state index >= 15 is 0 Å². The van der Waals surface area contributed by atoms with Crippen molar-refractivity contribution < 1.29 is 5.11 Å². The fourth-order valence-corrected chi connectivity index (χ4v) is 3.91. The van der Waals surface area contributed by atoms with Crippen LogP contribution in [-0.2, 0) is 5.60 Å². The SMILES string of the molecule is CC(C)C[C@@H]1CC(O)(c2cccc(-c3n[nH]c4ncccc34)n2)CCN1. The molecule has 0 aliphatic carbocycles. The van der Waals surface area contributed by atoms with Crippen LogP contribution in [0.4, 0.5) is 0 Å². The van der Waals surface area contributed by atoms with Crippen molar-refractivity contribution in [1.82, 2.24) is 25.5 Å². The second kappa shape index (κ2) is 6.78. The standard InChI is InChI=1S/C20H25N5O/c1-13(2)11-14-12-20(26,8-10-21-14)17-7-3-6-16(23-17)18-15-5-4-9-22-19(15)25-24-18/h3-7,9,13-14,21,26H,8,10-12H2,1-2H3,(H,22,24,25)/t14-,20?/m1/s1. The normalized spacial score (nSPS) is 23.6. The number of hydrogen-bond donors (Lipinski definition) is 3. The first-order chi connectivity index (χ1) is 12.5. The Morgan fingerprint density at radius 1 is 1.27 bits per heavy atom. The zero-order valence-electron chi connectivity index (χ0n) is 15.2. The van der Waals surface area contributed by atoms with Crippen molar-refractivity contribution >= 4 is 11.0 Å². The minimum atomic E-state index is -0.898. The molecule has 4 heterocycles. The van der Waals surface area contributed by atoms with Crippen LogP contribution in [0.2, 0.25) is 0 Å². The molecule has 3 aromatic heterocycles. The smallest absolute Gasteiger partial charge is 0.155 e. The molecule has 0 spiro atoms. The van der Waals surface area contributed by atoms with Crippen molar-refractivity contribution in [3.8, 4) is 11.4 Å². The van der Waals surface area contributed by atoms with Crippen LogP contribution in [-0.4, -0.2) is 37.9 Å². The second-order valence-corrected chi connectivity index (χ2v) is 7.65. The topological polar surface area (TPSA) is 86.7 Å². The van der Waals surface area contributed by atoms with E-state index in [1.165, 1.54) is 0 Å². The van der Waals surface area contributed by atoms with Crippen molar-refractivity contribution in [3.05, 3.63) is 42.2 Å². The first-order valence-electron chi connectivity index (χ1n) is 9.28. The maximum atomic E-state index is 11.3. The number of aliphatic hydroxyl groups is 1. The summed E-state index contributed by atoms with van der Waals surface area (Å²) in [6, 6.07) is 9.99. The Labute approximate surface area is 153 Å². The first kappa shape index (κ1) is 17.1.